The maximum absolute atomic E-state index is 12.2. The van der Waals surface area contributed by atoms with Crippen molar-refractivity contribution in [1.29, 1.82) is 0 Å². The number of hydrazone groups is 1. The molecule has 2 aromatic rings. The van der Waals surface area contributed by atoms with Gasteiger partial charge in [0.1, 0.15) is 13.2 Å². The molecule has 0 fully saturated rings. The van der Waals surface area contributed by atoms with Gasteiger partial charge in [-0.3, -0.25) is 9.59 Å². The molecule has 0 aromatic heterocycles. The summed E-state index contributed by atoms with van der Waals surface area (Å²) in [6.07, 6.45) is 0. The Morgan fingerprint density at radius 3 is 2.50 bits per heavy atom. The minimum Gasteiger partial charge on any atom is -0.486 e. The quantitative estimate of drug-likeness (QED) is 0.633. The molecule has 0 atom stereocenters. The average molecular weight is 353 g/mol. The molecule has 0 radical (unpaired) electrons. The number of rotatable bonds is 5. The van der Waals surface area contributed by atoms with Gasteiger partial charge in [-0.05, 0) is 30.7 Å². The van der Waals surface area contributed by atoms with Crippen LogP contribution in [0.15, 0.2) is 53.6 Å². The number of carbonyl (C=O) groups excluding carboxylic acids is 2. The Balaban J connectivity index is 1.52. The van der Waals surface area contributed by atoms with Crippen LogP contribution < -0.4 is 20.2 Å². The van der Waals surface area contributed by atoms with E-state index in [1.54, 1.807) is 25.1 Å². The number of fused-ring (bicyclic) bond motifs is 1. The van der Waals surface area contributed by atoms with Crippen LogP contribution in [0.5, 0.6) is 11.5 Å². The number of hydrogen-bond donors (Lipinski definition) is 2. The third-order valence-electron chi connectivity index (χ3n) is 3.75. The van der Waals surface area contributed by atoms with Crippen molar-refractivity contribution in [2.24, 2.45) is 5.10 Å². The highest BCUT2D eigenvalue weighted by molar-refractivity contribution is 6.00. The lowest BCUT2D eigenvalue weighted by Crippen LogP contribution is -2.35. The third-order valence-corrected chi connectivity index (χ3v) is 3.75. The van der Waals surface area contributed by atoms with Crippen molar-refractivity contribution in [1.82, 2.24) is 10.7 Å². The minimum atomic E-state index is -0.411. The van der Waals surface area contributed by atoms with Gasteiger partial charge >= 0.3 is 0 Å². The SMILES string of the molecule is C/C(=N\NC(=O)CNC(=O)c1ccc2c(c1)OCCO2)c1ccccc1. The van der Waals surface area contributed by atoms with Crippen molar-refractivity contribution in [3.8, 4) is 11.5 Å². The van der Waals surface area contributed by atoms with Crippen molar-refractivity contribution in [2.75, 3.05) is 19.8 Å². The predicted molar refractivity (Wildman–Crippen MR) is 96.6 cm³/mol. The summed E-state index contributed by atoms with van der Waals surface area (Å²) >= 11 is 0. The molecule has 0 spiro atoms. The smallest absolute Gasteiger partial charge is 0.259 e. The average Bonchev–Trinajstić information content (AvgIpc) is 2.70. The topological polar surface area (TPSA) is 89.0 Å². The molecule has 134 valence electrons. The fourth-order valence-electron chi connectivity index (χ4n) is 2.38. The van der Waals surface area contributed by atoms with Crippen LogP contribution in [-0.4, -0.2) is 37.3 Å². The Kier molecular flexibility index (Phi) is 5.48. The third kappa shape index (κ3) is 4.38. The fourth-order valence-corrected chi connectivity index (χ4v) is 2.38. The van der Waals surface area contributed by atoms with E-state index >= 15 is 0 Å². The molecule has 2 amide bonds. The summed E-state index contributed by atoms with van der Waals surface area (Å²) < 4.78 is 10.9. The van der Waals surface area contributed by atoms with Crippen molar-refractivity contribution < 1.29 is 19.1 Å². The van der Waals surface area contributed by atoms with Gasteiger partial charge in [0.2, 0.25) is 0 Å². The summed E-state index contributed by atoms with van der Waals surface area (Å²) in [4.78, 5) is 24.0. The molecule has 0 unspecified atom stereocenters. The minimum absolute atomic E-state index is 0.182. The summed E-state index contributed by atoms with van der Waals surface area (Å²) in [5.74, 6) is 0.347. The molecular formula is C19H19N3O4. The summed E-state index contributed by atoms with van der Waals surface area (Å²) in [6, 6.07) is 14.4. The van der Waals surface area contributed by atoms with Crippen molar-refractivity contribution in [2.45, 2.75) is 6.92 Å². The molecule has 0 aliphatic carbocycles. The maximum Gasteiger partial charge on any atom is 0.259 e. The van der Waals surface area contributed by atoms with E-state index in [2.05, 4.69) is 15.8 Å². The van der Waals surface area contributed by atoms with Gasteiger partial charge in [0, 0.05) is 5.56 Å². The van der Waals surface area contributed by atoms with Gasteiger partial charge in [0.15, 0.2) is 11.5 Å². The summed E-state index contributed by atoms with van der Waals surface area (Å²) in [6.45, 7) is 2.54. The van der Waals surface area contributed by atoms with E-state index in [0.29, 0.717) is 36.0 Å². The van der Waals surface area contributed by atoms with E-state index in [4.69, 9.17) is 9.47 Å². The first kappa shape index (κ1) is 17.5. The molecule has 26 heavy (non-hydrogen) atoms. The molecule has 1 aliphatic rings. The molecule has 3 rings (SSSR count). The predicted octanol–water partition coefficient (Wildman–Crippen LogP) is 1.73. The van der Waals surface area contributed by atoms with Gasteiger partial charge in [0.05, 0.1) is 12.3 Å². The van der Waals surface area contributed by atoms with Gasteiger partial charge < -0.3 is 14.8 Å². The Morgan fingerprint density at radius 2 is 1.73 bits per heavy atom. The highest BCUT2D eigenvalue weighted by Gasteiger charge is 2.15. The number of nitrogens with zero attached hydrogens (tertiary/aromatic N) is 1. The lowest BCUT2D eigenvalue weighted by molar-refractivity contribution is -0.120. The van der Waals surface area contributed by atoms with Crippen LogP contribution in [0.3, 0.4) is 0 Å². The zero-order valence-corrected chi connectivity index (χ0v) is 14.3. The molecule has 0 saturated carbocycles. The maximum atomic E-state index is 12.2. The lowest BCUT2D eigenvalue weighted by atomic mass is 10.1. The Hall–Kier alpha value is -3.35. The molecule has 1 aliphatic heterocycles. The monoisotopic (exact) mass is 353 g/mol. The first-order valence-corrected chi connectivity index (χ1v) is 8.20. The summed E-state index contributed by atoms with van der Waals surface area (Å²) in [5, 5.41) is 6.58. The molecule has 2 aromatic carbocycles. The Bertz CT molecular complexity index is 834. The van der Waals surface area contributed by atoms with Crippen molar-refractivity contribution in [3.05, 3.63) is 59.7 Å². The summed E-state index contributed by atoms with van der Waals surface area (Å²) in [5.41, 5.74) is 4.41. The lowest BCUT2D eigenvalue weighted by Gasteiger charge is -2.18. The van der Waals surface area contributed by atoms with Gasteiger partial charge in [-0.2, -0.15) is 5.10 Å². The second-order valence-electron chi connectivity index (χ2n) is 5.64. The molecule has 0 saturated heterocycles. The van der Waals surface area contributed by atoms with Crippen LogP contribution in [-0.2, 0) is 4.79 Å². The molecule has 2 N–H and O–H groups in total. The summed E-state index contributed by atoms with van der Waals surface area (Å²) in [7, 11) is 0. The van der Waals surface area contributed by atoms with Crippen molar-refractivity contribution >= 4 is 17.5 Å². The number of benzene rings is 2. The molecular weight excluding hydrogens is 334 g/mol. The van der Waals surface area contributed by atoms with Crippen molar-refractivity contribution in [3.63, 3.8) is 0 Å². The van der Waals surface area contributed by atoms with Crippen LogP contribution in [0, 0.1) is 0 Å². The van der Waals surface area contributed by atoms with Crippen LogP contribution in [0.1, 0.15) is 22.8 Å². The molecule has 1 heterocycles. The van der Waals surface area contributed by atoms with E-state index in [1.165, 1.54) is 0 Å². The first-order valence-electron chi connectivity index (χ1n) is 8.20. The van der Waals surface area contributed by atoms with Gasteiger partial charge in [0.25, 0.3) is 11.8 Å². The van der Waals surface area contributed by atoms with Crippen LogP contribution in [0.2, 0.25) is 0 Å². The van der Waals surface area contributed by atoms with Gasteiger partial charge in [-0.25, -0.2) is 5.43 Å². The second kappa shape index (κ2) is 8.15. The number of ether oxygens (including phenoxy) is 2. The Morgan fingerprint density at radius 1 is 1.00 bits per heavy atom. The normalized spacial score (nSPS) is 13.0. The highest BCUT2D eigenvalue weighted by Crippen LogP contribution is 2.30. The van der Waals surface area contributed by atoms with E-state index in [0.717, 1.165) is 5.56 Å². The number of carbonyl (C=O) groups is 2. The van der Waals surface area contributed by atoms with E-state index in [-0.39, 0.29) is 12.5 Å². The zero-order chi connectivity index (χ0) is 18.4. The van der Waals surface area contributed by atoms with E-state index in [1.807, 2.05) is 30.3 Å². The largest absolute Gasteiger partial charge is 0.486 e. The second-order valence-corrected chi connectivity index (χ2v) is 5.64. The molecule has 7 heteroatoms. The van der Waals surface area contributed by atoms with Crippen LogP contribution in [0.25, 0.3) is 0 Å². The zero-order valence-electron chi connectivity index (χ0n) is 14.3. The van der Waals surface area contributed by atoms with E-state index in [9.17, 15) is 9.59 Å². The fraction of sp³-hybridized carbons (Fsp3) is 0.211. The van der Waals surface area contributed by atoms with Crippen LogP contribution >= 0.6 is 0 Å². The van der Waals surface area contributed by atoms with Crippen LogP contribution in [0.4, 0.5) is 0 Å². The van der Waals surface area contributed by atoms with Gasteiger partial charge in [-0.1, -0.05) is 30.3 Å². The van der Waals surface area contributed by atoms with E-state index < -0.39 is 5.91 Å². The number of nitrogens with one attached hydrogen (secondary N) is 2. The number of amides is 2. The molecule has 7 nitrogen and oxygen atoms in total. The first-order chi connectivity index (χ1) is 12.6. The molecule has 0 bridgehead atoms. The van der Waals surface area contributed by atoms with Gasteiger partial charge in [-0.15, -0.1) is 0 Å². The Labute approximate surface area is 151 Å². The number of hydrogen-bond acceptors (Lipinski definition) is 5. The highest BCUT2D eigenvalue weighted by atomic mass is 16.6. The standard InChI is InChI=1S/C19H19N3O4/c1-13(14-5-3-2-4-6-14)21-22-18(23)12-20-19(24)15-7-8-16-17(11-15)26-10-9-25-16/h2-8,11H,9-10,12H2,1H3,(H,20,24)(H,22,23)/b21-13+.